The minimum absolute atomic E-state index is 0.00817. The van der Waals surface area contributed by atoms with Crippen molar-refractivity contribution in [2.24, 2.45) is 0 Å². The third-order valence-electron chi connectivity index (χ3n) is 6.34. The van der Waals surface area contributed by atoms with E-state index in [4.69, 9.17) is 14.5 Å². The molecule has 5 rings (SSSR count). The highest BCUT2D eigenvalue weighted by Gasteiger charge is 2.18. The molecular weight excluding hydrogens is 466 g/mol. The van der Waals surface area contributed by atoms with Crippen LogP contribution in [0.3, 0.4) is 0 Å². The average molecular weight is 496 g/mol. The number of hydrogen-bond donors (Lipinski definition) is 3. The van der Waals surface area contributed by atoms with Crippen LogP contribution in [0.25, 0.3) is 22.0 Å². The summed E-state index contributed by atoms with van der Waals surface area (Å²) in [5, 5.41) is 10.4. The fraction of sp³-hybridized carbons (Fsp3) is 0.207. The lowest BCUT2D eigenvalue weighted by molar-refractivity contribution is -0.111. The van der Waals surface area contributed by atoms with E-state index in [9.17, 15) is 4.79 Å². The zero-order valence-electron chi connectivity index (χ0n) is 20.9. The molecule has 3 N–H and O–H groups in total. The summed E-state index contributed by atoms with van der Waals surface area (Å²) < 4.78 is 11.5. The van der Waals surface area contributed by atoms with Gasteiger partial charge in [-0.25, -0.2) is 9.97 Å². The molecule has 1 atom stereocenters. The number of hydrogen-bond acceptors (Lipinski definition) is 7. The molecule has 0 bridgehead atoms. The Balaban J connectivity index is 1.49. The second-order valence-corrected chi connectivity index (χ2v) is 8.81. The first-order valence-electron chi connectivity index (χ1n) is 12.1. The first-order chi connectivity index (χ1) is 18.1. The molecule has 1 saturated heterocycles. The van der Waals surface area contributed by atoms with Crippen molar-refractivity contribution in [1.29, 1.82) is 0 Å². The zero-order valence-corrected chi connectivity index (χ0v) is 20.9. The van der Waals surface area contributed by atoms with Gasteiger partial charge in [0.25, 0.3) is 0 Å². The molecule has 3 aromatic carbocycles. The maximum atomic E-state index is 11.8. The average Bonchev–Trinajstić information content (AvgIpc) is 2.93. The van der Waals surface area contributed by atoms with Gasteiger partial charge in [-0.05, 0) is 54.0 Å². The lowest BCUT2D eigenvalue weighted by atomic mass is 9.97. The van der Waals surface area contributed by atoms with E-state index in [0.29, 0.717) is 24.0 Å². The van der Waals surface area contributed by atoms with Gasteiger partial charge in [-0.2, -0.15) is 0 Å². The van der Waals surface area contributed by atoms with Crippen LogP contribution in [0.4, 0.5) is 17.3 Å². The molecule has 8 heteroatoms. The van der Waals surface area contributed by atoms with Crippen LogP contribution < -0.4 is 20.7 Å². The van der Waals surface area contributed by atoms with Crippen molar-refractivity contribution in [3.8, 4) is 16.9 Å². The molecule has 8 nitrogen and oxygen atoms in total. The molecule has 1 aliphatic rings. The van der Waals surface area contributed by atoms with Gasteiger partial charge in [-0.1, -0.05) is 36.9 Å². The molecule has 0 saturated carbocycles. The number of carbonyl (C=O) groups is 1. The van der Waals surface area contributed by atoms with Crippen LogP contribution in [0.5, 0.6) is 5.75 Å². The highest BCUT2D eigenvalue weighted by molar-refractivity contribution is 6.00. The van der Waals surface area contributed by atoms with Crippen molar-refractivity contribution in [3.63, 3.8) is 0 Å². The third kappa shape index (κ3) is 5.30. The Kier molecular flexibility index (Phi) is 7.11. The molecule has 0 aliphatic carbocycles. The molecule has 188 valence electrons. The Bertz CT molecular complexity index is 1460. The van der Waals surface area contributed by atoms with Gasteiger partial charge in [-0.3, -0.25) is 4.79 Å². The Hall–Kier alpha value is -4.27. The predicted molar refractivity (Wildman–Crippen MR) is 146 cm³/mol. The first kappa shape index (κ1) is 24.4. The van der Waals surface area contributed by atoms with E-state index in [0.717, 1.165) is 51.9 Å². The number of aromatic nitrogens is 2. The van der Waals surface area contributed by atoms with E-state index in [1.165, 1.54) is 6.08 Å². The molecule has 37 heavy (non-hydrogen) atoms. The summed E-state index contributed by atoms with van der Waals surface area (Å²) in [5.41, 5.74) is 6.29. The van der Waals surface area contributed by atoms with Crippen molar-refractivity contribution in [1.82, 2.24) is 15.3 Å². The van der Waals surface area contributed by atoms with E-state index in [1.54, 1.807) is 13.3 Å². The van der Waals surface area contributed by atoms with Gasteiger partial charge in [0.2, 0.25) is 11.9 Å². The van der Waals surface area contributed by atoms with Gasteiger partial charge >= 0.3 is 0 Å². The van der Waals surface area contributed by atoms with Crippen LogP contribution in [0.2, 0.25) is 0 Å². The van der Waals surface area contributed by atoms with E-state index >= 15 is 0 Å². The molecule has 0 radical (unpaired) electrons. The Morgan fingerprint density at radius 1 is 1.22 bits per heavy atom. The van der Waals surface area contributed by atoms with Crippen molar-refractivity contribution >= 4 is 34.1 Å². The number of amides is 1. The largest absolute Gasteiger partial charge is 0.495 e. The molecule has 4 aromatic rings. The maximum absolute atomic E-state index is 11.8. The highest BCUT2D eigenvalue weighted by atomic mass is 16.5. The number of rotatable bonds is 7. The summed E-state index contributed by atoms with van der Waals surface area (Å²) in [6, 6.07) is 17.7. The molecule has 0 spiro atoms. The summed E-state index contributed by atoms with van der Waals surface area (Å²) in [6.07, 6.45) is 3.05. The molecule has 1 fully saturated rings. The fourth-order valence-corrected chi connectivity index (χ4v) is 4.48. The molecule has 1 aromatic heterocycles. The number of nitrogens with one attached hydrogen (secondary N) is 3. The standard InChI is InChI=1S/C29H29N5O3/c1-4-26(35)32-22-7-5-6-20(14-22)27-18(2)8-9-21-16-31-29(34-28(21)27)33-23-11-10-19(15-24(23)36-3)25-17-30-12-13-37-25/h4-11,14-16,25,30H,1,12-13,17H2,2-3H3,(H,32,35)(H,31,33,34). The van der Waals surface area contributed by atoms with Crippen LogP contribution in [-0.4, -0.2) is 42.7 Å². The molecule has 1 aliphatic heterocycles. The van der Waals surface area contributed by atoms with Crippen molar-refractivity contribution in [2.45, 2.75) is 13.0 Å². The lowest BCUT2D eigenvalue weighted by Gasteiger charge is -2.24. The Labute approximate surface area is 215 Å². The first-order valence-corrected chi connectivity index (χ1v) is 12.1. The van der Waals surface area contributed by atoms with Gasteiger partial charge < -0.3 is 25.4 Å². The minimum Gasteiger partial charge on any atom is -0.495 e. The second-order valence-electron chi connectivity index (χ2n) is 8.81. The highest BCUT2D eigenvalue weighted by Crippen LogP contribution is 2.34. The number of benzene rings is 3. The Morgan fingerprint density at radius 3 is 2.89 bits per heavy atom. The van der Waals surface area contributed by atoms with Crippen LogP contribution in [0, 0.1) is 6.92 Å². The monoisotopic (exact) mass is 495 g/mol. The molecule has 1 unspecified atom stereocenters. The summed E-state index contributed by atoms with van der Waals surface area (Å²) in [6.45, 7) is 7.88. The van der Waals surface area contributed by atoms with E-state index in [1.807, 2.05) is 61.5 Å². The number of anilines is 3. The minimum atomic E-state index is -0.258. The molecule has 2 heterocycles. The SMILES string of the molecule is C=CC(=O)Nc1cccc(-c2c(C)ccc3cnc(Nc4ccc(C5CNCCO5)cc4OC)nc23)c1. The lowest BCUT2D eigenvalue weighted by Crippen LogP contribution is -2.33. The van der Waals surface area contributed by atoms with Gasteiger partial charge in [0.15, 0.2) is 0 Å². The predicted octanol–water partition coefficient (Wildman–Crippen LogP) is 5.14. The van der Waals surface area contributed by atoms with Gasteiger partial charge in [0.05, 0.1) is 31.0 Å². The maximum Gasteiger partial charge on any atom is 0.247 e. The summed E-state index contributed by atoms with van der Waals surface area (Å²) in [5.74, 6) is 0.884. The van der Waals surface area contributed by atoms with E-state index in [-0.39, 0.29) is 12.0 Å². The van der Waals surface area contributed by atoms with Crippen LogP contribution in [0.1, 0.15) is 17.2 Å². The van der Waals surface area contributed by atoms with E-state index < -0.39 is 0 Å². The second kappa shape index (κ2) is 10.8. The normalized spacial score (nSPS) is 15.2. The Morgan fingerprint density at radius 2 is 2.11 bits per heavy atom. The van der Waals surface area contributed by atoms with Crippen LogP contribution in [-0.2, 0) is 9.53 Å². The van der Waals surface area contributed by atoms with Gasteiger partial charge in [0, 0.05) is 35.9 Å². The molecule has 1 amide bonds. The third-order valence-corrected chi connectivity index (χ3v) is 6.34. The number of methoxy groups -OCH3 is 1. The summed E-state index contributed by atoms with van der Waals surface area (Å²) >= 11 is 0. The van der Waals surface area contributed by atoms with Gasteiger partial charge in [-0.15, -0.1) is 0 Å². The van der Waals surface area contributed by atoms with Crippen molar-refractivity contribution in [2.75, 3.05) is 37.4 Å². The number of carbonyl (C=O) groups excluding carboxylic acids is 1. The van der Waals surface area contributed by atoms with Crippen LogP contribution >= 0.6 is 0 Å². The number of ether oxygens (including phenoxy) is 2. The summed E-state index contributed by atoms with van der Waals surface area (Å²) in [7, 11) is 1.64. The number of nitrogens with zero attached hydrogens (tertiary/aromatic N) is 2. The number of aryl methyl sites for hydroxylation is 1. The van der Waals surface area contributed by atoms with E-state index in [2.05, 4.69) is 27.5 Å². The fourth-order valence-electron chi connectivity index (χ4n) is 4.48. The zero-order chi connectivity index (χ0) is 25.8. The smallest absolute Gasteiger partial charge is 0.247 e. The van der Waals surface area contributed by atoms with Crippen LogP contribution in [0.15, 0.2) is 73.4 Å². The quantitative estimate of drug-likeness (QED) is 0.305. The summed E-state index contributed by atoms with van der Waals surface area (Å²) in [4.78, 5) is 21.2. The topological polar surface area (TPSA) is 97.4 Å². The molecular formula is C29H29N5O3. The number of morpholine rings is 1. The van der Waals surface area contributed by atoms with Crippen molar-refractivity contribution < 1.29 is 14.3 Å². The number of fused-ring (bicyclic) bond motifs is 1. The van der Waals surface area contributed by atoms with Crippen molar-refractivity contribution in [3.05, 3.63) is 84.6 Å². The van der Waals surface area contributed by atoms with Gasteiger partial charge in [0.1, 0.15) is 5.75 Å².